The van der Waals surface area contributed by atoms with Crippen molar-refractivity contribution in [3.8, 4) is 11.5 Å². The molecule has 2 heterocycles. The molecule has 1 fully saturated rings. The third kappa shape index (κ3) is 6.42. The minimum Gasteiger partial charge on any atom is -0.490 e. The Morgan fingerprint density at radius 2 is 2.06 bits per heavy atom. The Balaban J connectivity index is 0.00000342. The Labute approximate surface area is 214 Å². The molecule has 1 amide bonds. The van der Waals surface area contributed by atoms with E-state index in [-0.39, 0.29) is 30.0 Å². The number of amides is 1. The highest BCUT2D eigenvalue weighted by molar-refractivity contribution is 6.30. The van der Waals surface area contributed by atoms with Crippen molar-refractivity contribution in [2.24, 2.45) is 5.73 Å². The van der Waals surface area contributed by atoms with Gasteiger partial charge < -0.3 is 20.5 Å². The first-order chi connectivity index (χ1) is 16.5. The number of carbonyl (C=O) groups excluding carboxylic acids is 1. The molecule has 1 atom stereocenters. The summed E-state index contributed by atoms with van der Waals surface area (Å²) in [5.41, 5.74) is 6.37. The number of halogens is 3. The van der Waals surface area contributed by atoms with Crippen LogP contribution < -0.4 is 20.5 Å². The number of anilines is 2. The van der Waals surface area contributed by atoms with E-state index in [1.165, 1.54) is 12.4 Å². The lowest BCUT2D eigenvalue weighted by molar-refractivity contribution is -0.122. The summed E-state index contributed by atoms with van der Waals surface area (Å²) in [6, 6.07) is 7.77. The fraction of sp³-hybridized carbons (Fsp3) is 0.375. The zero-order valence-electron chi connectivity index (χ0n) is 19.3. The van der Waals surface area contributed by atoms with Crippen molar-refractivity contribution in [3.63, 3.8) is 0 Å². The zero-order chi connectivity index (χ0) is 24.1. The number of hydrogen-bond donors (Lipinski definition) is 2. The van der Waals surface area contributed by atoms with Gasteiger partial charge in [0.2, 0.25) is 5.91 Å². The van der Waals surface area contributed by atoms with Crippen molar-refractivity contribution in [2.75, 3.05) is 31.6 Å². The van der Waals surface area contributed by atoms with Crippen LogP contribution in [0.3, 0.4) is 0 Å². The maximum absolute atomic E-state index is 14.3. The molecule has 11 heteroatoms. The molecule has 1 aromatic heterocycles. The highest BCUT2D eigenvalue weighted by atomic mass is 35.5. The number of hydrogen-bond acceptors (Lipinski definition) is 7. The molecule has 0 spiro atoms. The van der Waals surface area contributed by atoms with E-state index in [2.05, 4.69) is 20.2 Å². The molecule has 1 aliphatic heterocycles. The van der Waals surface area contributed by atoms with E-state index in [0.29, 0.717) is 46.5 Å². The lowest BCUT2D eigenvalue weighted by atomic mass is 10.2. The maximum atomic E-state index is 14.3. The third-order valence-electron chi connectivity index (χ3n) is 5.72. The number of nitrogens with zero attached hydrogens (tertiary/aromatic N) is 3. The second-order valence-corrected chi connectivity index (χ2v) is 8.46. The predicted octanol–water partition coefficient (Wildman–Crippen LogP) is 4.71. The quantitative estimate of drug-likeness (QED) is 0.371. The number of fused-ring (bicyclic) bond motifs is 1. The van der Waals surface area contributed by atoms with Gasteiger partial charge in [0.05, 0.1) is 30.5 Å². The molecule has 1 saturated heterocycles. The van der Waals surface area contributed by atoms with Crippen LogP contribution in [0.5, 0.6) is 11.5 Å². The van der Waals surface area contributed by atoms with E-state index >= 15 is 0 Å². The van der Waals surface area contributed by atoms with Gasteiger partial charge in [-0.15, -0.1) is 12.4 Å². The molecular weight excluding hydrogens is 496 g/mol. The van der Waals surface area contributed by atoms with Gasteiger partial charge in [-0.25, -0.2) is 14.4 Å². The molecule has 8 nitrogen and oxygen atoms in total. The molecule has 1 aliphatic rings. The third-order valence-corrected chi connectivity index (χ3v) is 5.96. The highest BCUT2D eigenvalue weighted by Gasteiger charge is 2.28. The minimum absolute atomic E-state index is 0. The molecule has 2 aromatic carbocycles. The average Bonchev–Trinajstić information content (AvgIpc) is 3.28. The summed E-state index contributed by atoms with van der Waals surface area (Å²) in [4.78, 5) is 22.3. The van der Waals surface area contributed by atoms with E-state index in [1.807, 2.05) is 6.92 Å². The van der Waals surface area contributed by atoms with E-state index in [4.69, 9.17) is 26.8 Å². The molecule has 1 unspecified atom stereocenters. The van der Waals surface area contributed by atoms with Crippen LogP contribution in [0.2, 0.25) is 5.02 Å². The molecule has 0 bridgehead atoms. The Hall–Kier alpha value is -2.88. The van der Waals surface area contributed by atoms with Crippen LogP contribution in [0.4, 0.5) is 15.9 Å². The largest absolute Gasteiger partial charge is 0.490 e. The Morgan fingerprint density at radius 3 is 2.80 bits per heavy atom. The Bertz CT molecular complexity index is 1180. The molecule has 4 rings (SSSR count). The van der Waals surface area contributed by atoms with E-state index in [9.17, 15) is 9.18 Å². The monoisotopic (exact) mass is 523 g/mol. The van der Waals surface area contributed by atoms with Crippen LogP contribution in [0.25, 0.3) is 10.9 Å². The summed E-state index contributed by atoms with van der Waals surface area (Å²) in [7, 11) is 0. The summed E-state index contributed by atoms with van der Waals surface area (Å²) in [5.74, 6) is 0.783. The maximum Gasteiger partial charge on any atom is 0.234 e. The van der Waals surface area contributed by atoms with Crippen LogP contribution >= 0.6 is 24.0 Å². The van der Waals surface area contributed by atoms with Crippen molar-refractivity contribution in [3.05, 3.63) is 47.5 Å². The van der Waals surface area contributed by atoms with Gasteiger partial charge in [0.1, 0.15) is 18.0 Å². The zero-order valence-corrected chi connectivity index (χ0v) is 20.9. The molecule has 35 heavy (non-hydrogen) atoms. The molecule has 0 radical (unpaired) electrons. The number of benzene rings is 2. The van der Waals surface area contributed by atoms with Crippen molar-refractivity contribution < 1.29 is 18.7 Å². The van der Waals surface area contributed by atoms with Gasteiger partial charge >= 0.3 is 0 Å². The van der Waals surface area contributed by atoms with E-state index in [1.54, 1.807) is 24.3 Å². The standard InChI is InChI=1S/C24H27ClFN5O3.ClH/c1-2-33-21-12-16-19(28-14-29-24(16)30-18-7-6-15(25)11-17(18)26)13-22(21)34-10-4-9-31-8-3-5-20(31)23(27)32;/h6-7,11-14,20H,2-5,8-10H2,1H3,(H2,27,32)(H,28,29,30);1H. The molecule has 0 aliphatic carbocycles. The number of nitrogens with two attached hydrogens (primary N) is 1. The van der Waals surface area contributed by atoms with E-state index < -0.39 is 5.82 Å². The van der Waals surface area contributed by atoms with Crippen LogP contribution in [0.1, 0.15) is 26.2 Å². The first-order valence-electron chi connectivity index (χ1n) is 11.3. The van der Waals surface area contributed by atoms with Gasteiger partial charge in [-0.1, -0.05) is 11.6 Å². The molecule has 3 N–H and O–H groups in total. The fourth-order valence-electron chi connectivity index (χ4n) is 4.13. The molecule has 0 saturated carbocycles. The van der Waals surface area contributed by atoms with Crippen LogP contribution in [-0.2, 0) is 4.79 Å². The normalized spacial score (nSPS) is 15.6. The number of ether oxygens (including phenoxy) is 2. The number of likely N-dealkylation sites (tertiary alicyclic amines) is 1. The number of aromatic nitrogens is 2. The lowest BCUT2D eigenvalue weighted by Gasteiger charge is -2.21. The number of primary amides is 1. The molecular formula is C24H28Cl2FN5O3. The van der Waals surface area contributed by atoms with Gasteiger partial charge in [0.15, 0.2) is 11.5 Å². The van der Waals surface area contributed by atoms with Crippen molar-refractivity contribution in [1.29, 1.82) is 0 Å². The van der Waals surface area contributed by atoms with Gasteiger partial charge in [-0.05, 0) is 57.0 Å². The van der Waals surface area contributed by atoms with Gasteiger partial charge in [0.25, 0.3) is 0 Å². The van der Waals surface area contributed by atoms with E-state index in [0.717, 1.165) is 32.4 Å². The summed E-state index contributed by atoms with van der Waals surface area (Å²) in [5, 5.41) is 3.98. The first kappa shape index (κ1) is 26.7. The Kier molecular flexibility index (Phi) is 9.31. The smallest absolute Gasteiger partial charge is 0.234 e. The molecule has 3 aromatic rings. The SMILES string of the molecule is CCOc1cc2c(Nc3ccc(Cl)cc3F)ncnc2cc1OCCCN1CCCC1C(N)=O.Cl. The minimum atomic E-state index is -0.485. The van der Waals surface area contributed by atoms with Crippen LogP contribution in [0.15, 0.2) is 36.7 Å². The first-order valence-corrected chi connectivity index (χ1v) is 11.6. The second-order valence-electron chi connectivity index (χ2n) is 8.02. The predicted molar refractivity (Wildman–Crippen MR) is 137 cm³/mol. The summed E-state index contributed by atoms with van der Waals surface area (Å²) in [6.07, 6.45) is 3.93. The summed E-state index contributed by atoms with van der Waals surface area (Å²) >= 11 is 5.85. The highest BCUT2D eigenvalue weighted by Crippen LogP contribution is 2.35. The van der Waals surface area contributed by atoms with Crippen LogP contribution in [0, 0.1) is 5.82 Å². The van der Waals surface area contributed by atoms with Crippen LogP contribution in [-0.4, -0.2) is 53.1 Å². The molecule has 188 valence electrons. The van der Waals surface area contributed by atoms with Gasteiger partial charge in [0, 0.05) is 23.0 Å². The fourth-order valence-corrected chi connectivity index (χ4v) is 4.29. The second kappa shape index (κ2) is 12.2. The van der Waals surface area contributed by atoms with Gasteiger partial charge in [-0.2, -0.15) is 0 Å². The average molecular weight is 524 g/mol. The number of carbonyl (C=O) groups is 1. The van der Waals surface area contributed by atoms with Crippen molar-refractivity contribution >= 4 is 52.3 Å². The lowest BCUT2D eigenvalue weighted by Crippen LogP contribution is -2.40. The summed E-state index contributed by atoms with van der Waals surface area (Å²) in [6.45, 7) is 4.37. The summed E-state index contributed by atoms with van der Waals surface area (Å²) < 4.78 is 26.1. The van der Waals surface area contributed by atoms with Gasteiger partial charge in [-0.3, -0.25) is 9.69 Å². The topological polar surface area (TPSA) is 103 Å². The Morgan fingerprint density at radius 1 is 1.26 bits per heavy atom. The number of rotatable bonds is 10. The van der Waals surface area contributed by atoms with Crippen molar-refractivity contribution in [1.82, 2.24) is 14.9 Å². The van der Waals surface area contributed by atoms with Crippen molar-refractivity contribution in [2.45, 2.75) is 32.2 Å². The number of nitrogens with one attached hydrogen (secondary N) is 1.